The molecule has 0 aromatic heterocycles. The van der Waals surface area contributed by atoms with E-state index in [2.05, 4.69) is 41.5 Å². The highest BCUT2D eigenvalue weighted by molar-refractivity contribution is 5.70. The number of carbonyl (C=O) groups is 1. The van der Waals surface area contributed by atoms with E-state index in [1.807, 2.05) is 13.8 Å². The molecule has 0 radical (unpaired) electrons. The number of rotatable bonds is 10. The molecule has 2 aliphatic rings. The molecule has 6 heteroatoms. The molecule has 32 heavy (non-hydrogen) atoms. The van der Waals surface area contributed by atoms with Crippen LogP contribution >= 0.6 is 0 Å². The molecule has 2 fully saturated rings. The second kappa shape index (κ2) is 16.0. The van der Waals surface area contributed by atoms with E-state index in [1.54, 1.807) is 0 Å². The van der Waals surface area contributed by atoms with Crippen LogP contribution in [0.5, 0.6) is 0 Å². The fourth-order valence-corrected chi connectivity index (χ4v) is 3.96. The fraction of sp³-hybridized carbons (Fsp3) is 0.962. The van der Waals surface area contributed by atoms with E-state index in [-0.39, 0.29) is 24.8 Å². The third-order valence-corrected chi connectivity index (χ3v) is 5.76. The molecule has 0 aromatic rings. The SMILES string of the molecule is CC(C)OC(=O)COCC1CCCC(C(C)C)O1.CC(C)OCC1CCCC(C(C)C)O1. The molecule has 4 atom stereocenters. The molecule has 2 aliphatic heterocycles. The maximum Gasteiger partial charge on any atom is 0.332 e. The normalized spacial score (nSPS) is 26.4. The van der Waals surface area contributed by atoms with Crippen molar-refractivity contribution in [1.29, 1.82) is 0 Å². The molecule has 0 N–H and O–H groups in total. The van der Waals surface area contributed by atoms with Crippen LogP contribution in [0.2, 0.25) is 0 Å². The van der Waals surface area contributed by atoms with Gasteiger partial charge in [0, 0.05) is 0 Å². The van der Waals surface area contributed by atoms with Crippen LogP contribution in [0.3, 0.4) is 0 Å². The van der Waals surface area contributed by atoms with Gasteiger partial charge in [-0.3, -0.25) is 0 Å². The molecule has 6 nitrogen and oxygen atoms in total. The monoisotopic (exact) mass is 458 g/mol. The maximum atomic E-state index is 11.3. The van der Waals surface area contributed by atoms with Crippen LogP contribution in [0, 0.1) is 11.8 Å². The van der Waals surface area contributed by atoms with Gasteiger partial charge in [0.25, 0.3) is 0 Å². The summed E-state index contributed by atoms with van der Waals surface area (Å²) in [6, 6.07) is 0. The summed E-state index contributed by atoms with van der Waals surface area (Å²) >= 11 is 0. The summed E-state index contributed by atoms with van der Waals surface area (Å²) in [5, 5.41) is 0. The average molecular weight is 459 g/mol. The molecule has 0 spiro atoms. The Morgan fingerprint density at radius 3 is 1.69 bits per heavy atom. The first kappa shape index (κ1) is 29.3. The van der Waals surface area contributed by atoms with Crippen LogP contribution in [-0.2, 0) is 28.5 Å². The van der Waals surface area contributed by atoms with E-state index in [0.29, 0.717) is 42.9 Å². The van der Waals surface area contributed by atoms with Gasteiger partial charge >= 0.3 is 5.97 Å². The molecule has 4 unspecified atom stereocenters. The van der Waals surface area contributed by atoms with E-state index >= 15 is 0 Å². The summed E-state index contributed by atoms with van der Waals surface area (Å²) in [5.41, 5.74) is 0. The van der Waals surface area contributed by atoms with Crippen molar-refractivity contribution in [2.45, 2.75) is 131 Å². The molecular formula is C26H50O6. The van der Waals surface area contributed by atoms with E-state index < -0.39 is 0 Å². The summed E-state index contributed by atoms with van der Waals surface area (Å²) < 4.78 is 27.8. The maximum absolute atomic E-state index is 11.3. The molecule has 190 valence electrons. The molecular weight excluding hydrogens is 408 g/mol. The van der Waals surface area contributed by atoms with Crippen molar-refractivity contribution in [3.63, 3.8) is 0 Å². The Balaban J connectivity index is 0.000000330. The van der Waals surface area contributed by atoms with Gasteiger partial charge in [-0.25, -0.2) is 4.79 Å². The van der Waals surface area contributed by atoms with E-state index in [4.69, 9.17) is 23.7 Å². The van der Waals surface area contributed by atoms with Crippen molar-refractivity contribution >= 4 is 5.97 Å². The molecule has 2 saturated heterocycles. The Morgan fingerprint density at radius 1 is 0.750 bits per heavy atom. The summed E-state index contributed by atoms with van der Waals surface area (Å²) in [5.74, 6) is 0.872. The summed E-state index contributed by atoms with van der Waals surface area (Å²) in [7, 11) is 0. The first-order valence-electron chi connectivity index (χ1n) is 12.8. The highest BCUT2D eigenvalue weighted by Crippen LogP contribution is 2.25. The zero-order valence-electron chi connectivity index (χ0n) is 21.9. The standard InChI is InChI=1S/C14H26O4.C12H24O2/c1-10(2)13-7-5-6-12(18-13)8-16-9-14(15)17-11(3)4;1-9(2)12-7-5-6-11(14-12)8-13-10(3)4/h10-13H,5-9H2,1-4H3;9-12H,5-8H2,1-4H3. The molecule has 0 bridgehead atoms. The van der Waals surface area contributed by atoms with Gasteiger partial charge in [-0.15, -0.1) is 0 Å². The molecule has 2 heterocycles. The lowest BCUT2D eigenvalue weighted by Crippen LogP contribution is -2.34. The average Bonchev–Trinajstić information content (AvgIpc) is 2.72. The highest BCUT2D eigenvalue weighted by Gasteiger charge is 2.25. The van der Waals surface area contributed by atoms with Crippen LogP contribution in [0.4, 0.5) is 0 Å². The Kier molecular flexibility index (Phi) is 14.7. The van der Waals surface area contributed by atoms with Crippen LogP contribution in [0.1, 0.15) is 93.9 Å². The molecule has 0 amide bonds. The van der Waals surface area contributed by atoms with Crippen molar-refractivity contribution < 1.29 is 28.5 Å². The topological polar surface area (TPSA) is 63.2 Å². The number of hydrogen-bond donors (Lipinski definition) is 0. The number of hydrogen-bond acceptors (Lipinski definition) is 6. The van der Waals surface area contributed by atoms with Gasteiger partial charge in [0.2, 0.25) is 0 Å². The molecule has 0 aromatic carbocycles. The van der Waals surface area contributed by atoms with E-state index in [9.17, 15) is 4.79 Å². The third kappa shape index (κ3) is 13.1. The summed E-state index contributed by atoms with van der Waals surface area (Å²) in [6.45, 7) is 17.9. The van der Waals surface area contributed by atoms with E-state index in [1.165, 1.54) is 19.3 Å². The highest BCUT2D eigenvalue weighted by atomic mass is 16.6. The Morgan fingerprint density at radius 2 is 1.25 bits per heavy atom. The molecule has 0 aliphatic carbocycles. The third-order valence-electron chi connectivity index (χ3n) is 5.76. The second-order valence-corrected chi connectivity index (χ2v) is 10.4. The Hall–Kier alpha value is -0.690. The smallest absolute Gasteiger partial charge is 0.332 e. The van der Waals surface area contributed by atoms with Gasteiger partial charge in [-0.1, -0.05) is 27.7 Å². The first-order valence-corrected chi connectivity index (χ1v) is 12.8. The van der Waals surface area contributed by atoms with Crippen LogP contribution < -0.4 is 0 Å². The van der Waals surface area contributed by atoms with Gasteiger partial charge in [-0.05, 0) is 78.1 Å². The molecule has 0 saturated carbocycles. The van der Waals surface area contributed by atoms with Crippen LogP contribution in [0.15, 0.2) is 0 Å². The van der Waals surface area contributed by atoms with Gasteiger partial charge in [0.05, 0.1) is 49.8 Å². The van der Waals surface area contributed by atoms with Gasteiger partial charge < -0.3 is 23.7 Å². The van der Waals surface area contributed by atoms with Crippen molar-refractivity contribution in [3.05, 3.63) is 0 Å². The van der Waals surface area contributed by atoms with Gasteiger partial charge in [0.15, 0.2) is 0 Å². The lowest BCUT2D eigenvalue weighted by Gasteiger charge is -2.32. The largest absolute Gasteiger partial charge is 0.461 e. The van der Waals surface area contributed by atoms with Crippen molar-refractivity contribution in [3.8, 4) is 0 Å². The number of esters is 1. The zero-order chi connectivity index (χ0) is 24.1. The fourth-order valence-electron chi connectivity index (χ4n) is 3.96. The zero-order valence-corrected chi connectivity index (χ0v) is 21.9. The lowest BCUT2D eigenvalue weighted by atomic mass is 9.96. The number of ether oxygens (including phenoxy) is 5. The minimum Gasteiger partial charge on any atom is -0.461 e. The predicted molar refractivity (Wildman–Crippen MR) is 128 cm³/mol. The minimum absolute atomic E-state index is 0.0182. The Bertz CT molecular complexity index is 491. The predicted octanol–water partition coefficient (Wildman–Crippen LogP) is 5.55. The van der Waals surface area contributed by atoms with Crippen LogP contribution in [0.25, 0.3) is 0 Å². The van der Waals surface area contributed by atoms with Gasteiger partial charge in [-0.2, -0.15) is 0 Å². The summed E-state index contributed by atoms with van der Waals surface area (Å²) in [6.07, 6.45) is 8.45. The molecule has 2 rings (SSSR count). The van der Waals surface area contributed by atoms with Crippen molar-refractivity contribution in [2.24, 2.45) is 11.8 Å². The van der Waals surface area contributed by atoms with Crippen molar-refractivity contribution in [1.82, 2.24) is 0 Å². The van der Waals surface area contributed by atoms with E-state index in [0.717, 1.165) is 25.9 Å². The first-order chi connectivity index (χ1) is 15.1. The Labute approximate surface area is 197 Å². The number of carbonyl (C=O) groups excluding carboxylic acids is 1. The lowest BCUT2D eigenvalue weighted by molar-refractivity contribution is -0.156. The summed E-state index contributed by atoms with van der Waals surface area (Å²) in [4.78, 5) is 11.3. The van der Waals surface area contributed by atoms with Crippen molar-refractivity contribution in [2.75, 3.05) is 19.8 Å². The van der Waals surface area contributed by atoms with Crippen LogP contribution in [-0.4, -0.2) is 62.4 Å². The second-order valence-electron chi connectivity index (χ2n) is 10.4. The quantitative estimate of drug-likeness (QED) is 0.400. The van der Waals surface area contributed by atoms with Gasteiger partial charge in [0.1, 0.15) is 6.61 Å². The minimum atomic E-state index is -0.304.